The molecule has 0 radical (unpaired) electrons. The van der Waals surface area contributed by atoms with Crippen molar-refractivity contribution in [1.82, 2.24) is 10.2 Å². The number of carbonyl (C=O) groups excluding carboxylic acids is 1. The van der Waals surface area contributed by atoms with Crippen LogP contribution in [0.1, 0.15) is 54.1 Å². The normalized spacial score (nSPS) is 13.1. The van der Waals surface area contributed by atoms with Gasteiger partial charge in [-0.1, -0.05) is 63.2 Å². The lowest BCUT2D eigenvalue weighted by Crippen LogP contribution is -2.34. The van der Waals surface area contributed by atoms with E-state index in [1.165, 1.54) is 11.1 Å². The molecule has 0 aliphatic carbocycles. The molecule has 4 heteroatoms. The van der Waals surface area contributed by atoms with E-state index in [4.69, 9.17) is 4.42 Å². The van der Waals surface area contributed by atoms with Gasteiger partial charge >= 0.3 is 0 Å². The Kier molecular flexibility index (Phi) is 5.61. The SMILES string of the molecule is Cc1c(C(=O)NCC(c2ccc(C(C)(C)C)cc2)N(C)C)oc2ccccc12. The first kappa shape index (κ1) is 20.2. The Balaban J connectivity index is 1.76. The maximum absolute atomic E-state index is 12.8. The fraction of sp³-hybridized carbons (Fsp3) is 0.375. The van der Waals surface area contributed by atoms with Crippen molar-refractivity contribution in [1.29, 1.82) is 0 Å². The van der Waals surface area contributed by atoms with Crippen molar-refractivity contribution in [3.05, 3.63) is 71.0 Å². The van der Waals surface area contributed by atoms with Crippen molar-refractivity contribution in [2.45, 2.75) is 39.2 Å². The number of hydrogen-bond donors (Lipinski definition) is 1. The molecule has 3 rings (SSSR count). The molecule has 3 aromatic rings. The molecule has 4 nitrogen and oxygen atoms in total. The Hall–Kier alpha value is -2.59. The van der Waals surface area contributed by atoms with Crippen molar-refractivity contribution in [2.75, 3.05) is 20.6 Å². The number of hydrogen-bond acceptors (Lipinski definition) is 3. The summed E-state index contributed by atoms with van der Waals surface area (Å²) < 4.78 is 5.79. The molecule has 0 saturated carbocycles. The highest BCUT2D eigenvalue weighted by Crippen LogP contribution is 2.27. The molecule has 0 saturated heterocycles. The fourth-order valence-corrected chi connectivity index (χ4v) is 3.46. The van der Waals surface area contributed by atoms with Crippen molar-refractivity contribution >= 4 is 16.9 Å². The zero-order chi connectivity index (χ0) is 20.5. The lowest BCUT2D eigenvalue weighted by Gasteiger charge is -2.26. The third-order valence-corrected chi connectivity index (χ3v) is 5.29. The van der Waals surface area contributed by atoms with E-state index in [-0.39, 0.29) is 17.4 Å². The van der Waals surface area contributed by atoms with Crippen LogP contribution in [0, 0.1) is 6.92 Å². The van der Waals surface area contributed by atoms with Gasteiger partial charge in [-0.05, 0) is 43.6 Å². The van der Waals surface area contributed by atoms with Crippen LogP contribution in [0.5, 0.6) is 0 Å². The van der Waals surface area contributed by atoms with Gasteiger partial charge in [-0.2, -0.15) is 0 Å². The van der Waals surface area contributed by atoms with Crippen LogP contribution in [0.2, 0.25) is 0 Å². The highest BCUT2D eigenvalue weighted by molar-refractivity contribution is 5.98. The second-order valence-electron chi connectivity index (χ2n) is 8.61. The number of rotatable bonds is 5. The minimum absolute atomic E-state index is 0.0858. The maximum atomic E-state index is 12.8. The predicted molar refractivity (Wildman–Crippen MR) is 115 cm³/mol. The van der Waals surface area contributed by atoms with Crippen molar-refractivity contribution in [3.63, 3.8) is 0 Å². The molecule has 1 atom stereocenters. The summed E-state index contributed by atoms with van der Waals surface area (Å²) in [7, 11) is 4.06. The van der Waals surface area contributed by atoms with Crippen LogP contribution in [-0.4, -0.2) is 31.4 Å². The highest BCUT2D eigenvalue weighted by Gasteiger charge is 2.21. The van der Waals surface area contributed by atoms with E-state index in [0.717, 1.165) is 16.5 Å². The van der Waals surface area contributed by atoms with Crippen molar-refractivity contribution < 1.29 is 9.21 Å². The van der Waals surface area contributed by atoms with Crippen molar-refractivity contribution in [2.24, 2.45) is 0 Å². The van der Waals surface area contributed by atoms with E-state index in [0.29, 0.717) is 12.3 Å². The van der Waals surface area contributed by atoms with E-state index in [2.05, 4.69) is 55.3 Å². The molecule has 0 spiro atoms. The van der Waals surface area contributed by atoms with E-state index >= 15 is 0 Å². The molecule has 0 bridgehead atoms. The summed E-state index contributed by atoms with van der Waals surface area (Å²) in [6, 6.07) is 16.5. The van der Waals surface area contributed by atoms with Crippen LogP contribution in [0.25, 0.3) is 11.0 Å². The largest absolute Gasteiger partial charge is 0.451 e. The summed E-state index contributed by atoms with van der Waals surface area (Å²) in [5.74, 6) is 0.216. The Labute approximate surface area is 167 Å². The van der Waals surface area contributed by atoms with Gasteiger partial charge in [0.1, 0.15) is 5.58 Å². The van der Waals surface area contributed by atoms with Crippen LogP contribution >= 0.6 is 0 Å². The lowest BCUT2D eigenvalue weighted by molar-refractivity contribution is 0.0915. The number of furan rings is 1. The third kappa shape index (κ3) is 4.12. The molecule has 1 aromatic heterocycles. The second kappa shape index (κ2) is 7.80. The first-order chi connectivity index (χ1) is 13.2. The molecule has 0 aliphatic rings. The summed E-state index contributed by atoms with van der Waals surface area (Å²) in [5.41, 5.74) is 4.23. The standard InChI is InChI=1S/C24H30N2O2/c1-16-19-9-7-8-10-21(19)28-22(16)23(27)25-15-20(26(5)6)17-11-13-18(14-12-17)24(2,3)4/h7-14,20H,15H2,1-6H3,(H,25,27). The number of benzene rings is 2. The number of amides is 1. The number of fused-ring (bicyclic) bond motifs is 1. The summed E-state index contributed by atoms with van der Waals surface area (Å²) in [4.78, 5) is 14.9. The van der Waals surface area contributed by atoms with E-state index in [1.54, 1.807) is 0 Å². The number of para-hydroxylation sites is 1. The highest BCUT2D eigenvalue weighted by atomic mass is 16.3. The molecular formula is C24H30N2O2. The van der Waals surface area contributed by atoms with Gasteiger partial charge in [-0.25, -0.2) is 0 Å². The van der Waals surface area contributed by atoms with Gasteiger partial charge in [0, 0.05) is 17.5 Å². The van der Waals surface area contributed by atoms with Crippen LogP contribution in [0.15, 0.2) is 52.9 Å². The third-order valence-electron chi connectivity index (χ3n) is 5.29. The summed E-state index contributed by atoms with van der Waals surface area (Å²) in [6.45, 7) is 9.07. The van der Waals surface area contributed by atoms with Crippen molar-refractivity contribution in [3.8, 4) is 0 Å². The van der Waals surface area contributed by atoms with Crippen LogP contribution < -0.4 is 5.32 Å². The number of likely N-dealkylation sites (N-methyl/N-ethyl adjacent to an activating group) is 1. The minimum atomic E-state index is -0.174. The molecular weight excluding hydrogens is 348 g/mol. The monoisotopic (exact) mass is 378 g/mol. The zero-order valence-electron chi connectivity index (χ0n) is 17.7. The van der Waals surface area contributed by atoms with Gasteiger partial charge in [-0.3, -0.25) is 4.79 Å². The maximum Gasteiger partial charge on any atom is 0.287 e. The molecule has 1 heterocycles. The summed E-state index contributed by atoms with van der Waals surface area (Å²) >= 11 is 0. The Morgan fingerprint density at radius 3 is 2.29 bits per heavy atom. The molecule has 1 amide bonds. The van der Waals surface area contributed by atoms with Gasteiger partial charge in [0.25, 0.3) is 5.91 Å². The van der Waals surface area contributed by atoms with E-state index in [9.17, 15) is 4.79 Å². The quantitative estimate of drug-likeness (QED) is 0.674. The Morgan fingerprint density at radius 2 is 1.71 bits per heavy atom. The van der Waals surface area contributed by atoms with Gasteiger partial charge < -0.3 is 14.6 Å². The second-order valence-corrected chi connectivity index (χ2v) is 8.61. The van der Waals surface area contributed by atoms with Crippen LogP contribution in [-0.2, 0) is 5.41 Å². The topological polar surface area (TPSA) is 45.5 Å². The Bertz CT molecular complexity index is 962. The molecule has 0 fully saturated rings. The first-order valence-corrected chi connectivity index (χ1v) is 9.71. The van der Waals surface area contributed by atoms with E-state index in [1.807, 2.05) is 45.3 Å². The molecule has 148 valence electrons. The number of nitrogens with zero attached hydrogens (tertiary/aromatic N) is 1. The smallest absolute Gasteiger partial charge is 0.287 e. The van der Waals surface area contributed by atoms with Crippen LogP contribution in [0.3, 0.4) is 0 Å². The number of carbonyl (C=O) groups is 1. The van der Waals surface area contributed by atoms with Gasteiger partial charge in [-0.15, -0.1) is 0 Å². The molecule has 1 N–H and O–H groups in total. The van der Waals surface area contributed by atoms with E-state index < -0.39 is 0 Å². The fourth-order valence-electron chi connectivity index (χ4n) is 3.46. The predicted octanol–water partition coefficient (Wildman–Crippen LogP) is 5.07. The number of nitrogens with one attached hydrogen (secondary N) is 1. The molecule has 28 heavy (non-hydrogen) atoms. The molecule has 2 aromatic carbocycles. The van der Waals surface area contributed by atoms with Gasteiger partial charge in [0.05, 0.1) is 6.04 Å². The summed E-state index contributed by atoms with van der Waals surface area (Å²) in [5, 5.41) is 4.03. The lowest BCUT2D eigenvalue weighted by atomic mass is 9.86. The molecule has 0 aliphatic heterocycles. The molecule has 1 unspecified atom stereocenters. The van der Waals surface area contributed by atoms with Gasteiger partial charge in [0.2, 0.25) is 0 Å². The summed E-state index contributed by atoms with van der Waals surface area (Å²) in [6.07, 6.45) is 0. The minimum Gasteiger partial charge on any atom is -0.451 e. The number of aryl methyl sites for hydroxylation is 1. The zero-order valence-corrected chi connectivity index (χ0v) is 17.7. The van der Waals surface area contributed by atoms with Crippen LogP contribution in [0.4, 0.5) is 0 Å². The Morgan fingerprint density at radius 1 is 1.07 bits per heavy atom. The van der Waals surface area contributed by atoms with Gasteiger partial charge in [0.15, 0.2) is 5.76 Å². The average Bonchev–Trinajstić information content (AvgIpc) is 2.98. The first-order valence-electron chi connectivity index (χ1n) is 9.71. The average molecular weight is 379 g/mol.